The molecule has 0 saturated heterocycles. The molecular weight excluding hydrogens is 533 g/mol. The number of rotatable bonds is 10. The average molecular weight is 570 g/mol. The largest absolute Gasteiger partial charge is 0.497 e. The SMILES string of the molecule is COc1cccc(N(CC(=O)N(Cc2ccc(F)cc2)[C@H](C)C(=O)NC(C)(C)C)S(=O)(=O)c2ccc(C)cc2)c1. The van der Waals surface area contributed by atoms with Gasteiger partial charge in [0.2, 0.25) is 11.8 Å². The molecule has 2 amide bonds. The molecule has 0 saturated carbocycles. The Morgan fingerprint density at radius 3 is 2.20 bits per heavy atom. The van der Waals surface area contributed by atoms with Crippen molar-refractivity contribution in [3.8, 4) is 5.75 Å². The fourth-order valence-corrected chi connectivity index (χ4v) is 5.38. The lowest BCUT2D eigenvalue weighted by molar-refractivity contribution is -0.140. The highest BCUT2D eigenvalue weighted by atomic mass is 32.2. The van der Waals surface area contributed by atoms with E-state index in [1.165, 1.54) is 54.5 Å². The Balaban J connectivity index is 2.05. The molecule has 0 aliphatic heterocycles. The van der Waals surface area contributed by atoms with Gasteiger partial charge in [0.25, 0.3) is 10.0 Å². The molecule has 0 unspecified atom stereocenters. The molecule has 0 aliphatic rings. The van der Waals surface area contributed by atoms with Gasteiger partial charge >= 0.3 is 0 Å². The first-order chi connectivity index (χ1) is 18.7. The minimum atomic E-state index is -4.20. The van der Waals surface area contributed by atoms with Crippen LogP contribution in [0.4, 0.5) is 10.1 Å². The maximum absolute atomic E-state index is 13.9. The van der Waals surface area contributed by atoms with Crippen molar-refractivity contribution < 1.29 is 27.1 Å². The van der Waals surface area contributed by atoms with Crippen molar-refractivity contribution in [1.29, 1.82) is 0 Å². The van der Waals surface area contributed by atoms with Crippen LogP contribution in [0.15, 0.2) is 77.7 Å². The van der Waals surface area contributed by atoms with Crippen LogP contribution in [0.2, 0.25) is 0 Å². The maximum atomic E-state index is 13.9. The van der Waals surface area contributed by atoms with Gasteiger partial charge in [0.05, 0.1) is 17.7 Å². The number of anilines is 1. The number of amides is 2. The molecule has 3 aromatic carbocycles. The second kappa shape index (κ2) is 12.5. The quantitative estimate of drug-likeness (QED) is 0.383. The van der Waals surface area contributed by atoms with Gasteiger partial charge in [-0.05, 0) is 76.6 Å². The Morgan fingerprint density at radius 1 is 1.00 bits per heavy atom. The summed E-state index contributed by atoms with van der Waals surface area (Å²) in [6.45, 7) is 8.27. The second-order valence-corrected chi connectivity index (χ2v) is 12.5. The van der Waals surface area contributed by atoms with Gasteiger partial charge in [-0.2, -0.15) is 0 Å². The lowest BCUT2D eigenvalue weighted by Gasteiger charge is -2.33. The Bertz CT molecular complexity index is 1440. The molecule has 1 atom stereocenters. The number of ether oxygens (including phenoxy) is 1. The maximum Gasteiger partial charge on any atom is 0.264 e. The molecule has 0 aromatic heterocycles. The fourth-order valence-electron chi connectivity index (χ4n) is 3.97. The predicted molar refractivity (Wildman–Crippen MR) is 153 cm³/mol. The highest BCUT2D eigenvalue weighted by Gasteiger charge is 2.33. The van der Waals surface area contributed by atoms with Gasteiger partial charge in [0, 0.05) is 18.2 Å². The first-order valence-corrected chi connectivity index (χ1v) is 14.2. The van der Waals surface area contributed by atoms with Gasteiger partial charge < -0.3 is 15.0 Å². The molecule has 0 radical (unpaired) electrons. The fraction of sp³-hybridized carbons (Fsp3) is 0.333. The van der Waals surface area contributed by atoms with Gasteiger partial charge in [0.1, 0.15) is 24.2 Å². The van der Waals surface area contributed by atoms with E-state index in [0.29, 0.717) is 11.3 Å². The second-order valence-electron chi connectivity index (χ2n) is 10.6. The minimum Gasteiger partial charge on any atom is -0.497 e. The zero-order chi connectivity index (χ0) is 29.7. The topological polar surface area (TPSA) is 96.0 Å². The van der Waals surface area contributed by atoms with Crippen LogP contribution in [0.5, 0.6) is 5.75 Å². The summed E-state index contributed by atoms with van der Waals surface area (Å²) in [7, 11) is -2.74. The minimum absolute atomic E-state index is 0.0114. The van der Waals surface area contributed by atoms with E-state index < -0.39 is 45.8 Å². The number of nitrogens with one attached hydrogen (secondary N) is 1. The number of aryl methyl sites for hydroxylation is 1. The van der Waals surface area contributed by atoms with E-state index in [-0.39, 0.29) is 17.1 Å². The molecule has 0 aliphatic carbocycles. The van der Waals surface area contributed by atoms with Gasteiger partial charge in [0.15, 0.2) is 0 Å². The molecule has 1 N–H and O–H groups in total. The van der Waals surface area contributed by atoms with E-state index in [9.17, 15) is 22.4 Å². The molecule has 0 fully saturated rings. The summed E-state index contributed by atoms with van der Waals surface area (Å²) in [5.74, 6) is -1.04. The van der Waals surface area contributed by atoms with Crippen LogP contribution in [0.3, 0.4) is 0 Å². The number of sulfonamides is 1. The van der Waals surface area contributed by atoms with Crippen molar-refractivity contribution in [2.45, 2.75) is 57.6 Å². The molecule has 0 bridgehead atoms. The highest BCUT2D eigenvalue weighted by Crippen LogP contribution is 2.28. The zero-order valence-corrected chi connectivity index (χ0v) is 24.5. The van der Waals surface area contributed by atoms with Crippen LogP contribution >= 0.6 is 0 Å². The van der Waals surface area contributed by atoms with E-state index in [1.54, 1.807) is 37.3 Å². The Morgan fingerprint density at radius 2 is 1.62 bits per heavy atom. The van der Waals surface area contributed by atoms with Crippen LogP contribution in [-0.2, 0) is 26.2 Å². The summed E-state index contributed by atoms with van der Waals surface area (Å²) < 4.78 is 47.6. The van der Waals surface area contributed by atoms with E-state index in [4.69, 9.17) is 4.74 Å². The van der Waals surface area contributed by atoms with E-state index in [0.717, 1.165) is 9.87 Å². The van der Waals surface area contributed by atoms with Gasteiger partial charge in [-0.15, -0.1) is 0 Å². The van der Waals surface area contributed by atoms with Crippen molar-refractivity contribution in [2.75, 3.05) is 18.0 Å². The van der Waals surface area contributed by atoms with Gasteiger partial charge in [-0.1, -0.05) is 35.9 Å². The van der Waals surface area contributed by atoms with Crippen LogP contribution < -0.4 is 14.4 Å². The Labute approximate surface area is 235 Å². The number of hydrogen-bond acceptors (Lipinski definition) is 5. The molecule has 3 rings (SSSR count). The number of benzene rings is 3. The van der Waals surface area contributed by atoms with Gasteiger partial charge in [-0.25, -0.2) is 12.8 Å². The number of methoxy groups -OCH3 is 1. The summed E-state index contributed by atoms with van der Waals surface area (Å²) in [4.78, 5) is 28.4. The van der Waals surface area contributed by atoms with Crippen molar-refractivity contribution in [3.63, 3.8) is 0 Å². The normalized spacial score (nSPS) is 12.4. The summed E-state index contributed by atoms with van der Waals surface area (Å²) in [6.07, 6.45) is 0. The van der Waals surface area contributed by atoms with Crippen LogP contribution in [0, 0.1) is 12.7 Å². The summed E-state index contributed by atoms with van der Waals surface area (Å²) in [6, 6.07) is 17.3. The van der Waals surface area contributed by atoms with E-state index >= 15 is 0 Å². The summed E-state index contributed by atoms with van der Waals surface area (Å²) >= 11 is 0. The summed E-state index contributed by atoms with van der Waals surface area (Å²) in [5.41, 5.74) is 1.13. The highest BCUT2D eigenvalue weighted by molar-refractivity contribution is 7.92. The molecule has 8 nitrogen and oxygen atoms in total. The number of hydrogen-bond donors (Lipinski definition) is 1. The third-order valence-electron chi connectivity index (χ3n) is 6.16. The van der Waals surface area contributed by atoms with Crippen LogP contribution in [0.1, 0.15) is 38.8 Å². The van der Waals surface area contributed by atoms with Crippen molar-refractivity contribution in [3.05, 3.63) is 89.7 Å². The van der Waals surface area contributed by atoms with Crippen molar-refractivity contribution in [1.82, 2.24) is 10.2 Å². The van der Waals surface area contributed by atoms with Crippen LogP contribution in [-0.4, -0.2) is 50.4 Å². The number of halogens is 1. The molecule has 10 heteroatoms. The number of nitrogens with zero attached hydrogens (tertiary/aromatic N) is 2. The van der Waals surface area contributed by atoms with Crippen LogP contribution in [0.25, 0.3) is 0 Å². The molecule has 3 aromatic rings. The molecule has 40 heavy (non-hydrogen) atoms. The molecule has 0 heterocycles. The number of carbonyl (C=O) groups is 2. The monoisotopic (exact) mass is 569 g/mol. The van der Waals surface area contributed by atoms with Gasteiger partial charge in [-0.3, -0.25) is 13.9 Å². The Hall–Kier alpha value is -3.92. The molecule has 0 spiro atoms. The summed E-state index contributed by atoms with van der Waals surface area (Å²) in [5, 5.41) is 2.87. The molecular formula is C30H36FN3O5S. The first-order valence-electron chi connectivity index (χ1n) is 12.8. The Kier molecular flexibility index (Phi) is 9.57. The standard InChI is InChI=1S/C30H36FN3O5S/c1-21-10-16-27(17-11-21)40(37,38)34(25-8-7-9-26(18-25)39-6)20-28(35)33(19-23-12-14-24(31)15-13-23)22(2)29(36)32-30(3,4)5/h7-18,22H,19-20H2,1-6H3,(H,32,36)/t22-/m1/s1. The number of carbonyl (C=O) groups excluding carboxylic acids is 2. The third kappa shape index (κ3) is 7.81. The van der Waals surface area contributed by atoms with E-state index in [2.05, 4.69) is 5.32 Å². The third-order valence-corrected chi connectivity index (χ3v) is 7.95. The first kappa shape index (κ1) is 30.6. The van der Waals surface area contributed by atoms with Crippen molar-refractivity contribution in [2.24, 2.45) is 0 Å². The predicted octanol–water partition coefficient (Wildman–Crippen LogP) is 4.67. The van der Waals surface area contributed by atoms with E-state index in [1.807, 2.05) is 27.7 Å². The smallest absolute Gasteiger partial charge is 0.264 e. The zero-order valence-electron chi connectivity index (χ0n) is 23.6. The average Bonchev–Trinajstić information content (AvgIpc) is 2.90. The molecule has 214 valence electrons. The lowest BCUT2D eigenvalue weighted by Crippen LogP contribution is -2.54. The lowest BCUT2D eigenvalue weighted by atomic mass is 10.1. The van der Waals surface area contributed by atoms with Crippen molar-refractivity contribution >= 4 is 27.5 Å².